The van der Waals surface area contributed by atoms with Gasteiger partial charge in [0.05, 0.1) is 0 Å². The minimum Gasteiger partial charge on any atom is -0.179 e. The van der Waals surface area contributed by atoms with Crippen molar-refractivity contribution >= 4 is 12.6 Å². The molecule has 0 nitrogen and oxygen atoms in total. The quantitative estimate of drug-likeness (QED) is 0.386. The van der Waals surface area contributed by atoms with Crippen LogP contribution in [0.4, 0.5) is 0 Å². The number of unbranched alkanes of at least 4 members (excludes halogenated alkanes) is 9. The van der Waals surface area contributed by atoms with E-state index in [1.54, 1.807) is 0 Å². The number of thiol groups is 1. The first kappa shape index (κ1) is 13.4. The molecule has 0 amide bonds. The fourth-order valence-electron chi connectivity index (χ4n) is 1.53. The normalized spacial score (nSPS) is 10.6. The van der Waals surface area contributed by atoms with Crippen molar-refractivity contribution < 1.29 is 0 Å². The highest BCUT2D eigenvalue weighted by Crippen LogP contribution is 2.10. The van der Waals surface area contributed by atoms with E-state index in [2.05, 4.69) is 19.6 Å². The van der Waals surface area contributed by atoms with Crippen LogP contribution in [-0.4, -0.2) is 5.75 Å². The number of hydrogen-bond acceptors (Lipinski definition) is 1. The maximum Gasteiger partial charge on any atom is -0.00979 e. The second kappa shape index (κ2) is 12.3. The first-order valence-electron chi connectivity index (χ1n) is 5.82. The van der Waals surface area contributed by atoms with E-state index in [4.69, 9.17) is 0 Å². The van der Waals surface area contributed by atoms with Gasteiger partial charge in [-0.1, -0.05) is 64.7 Å². The van der Waals surface area contributed by atoms with E-state index in [1.165, 1.54) is 57.8 Å². The summed E-state index contributed by atoms with van der Waals surface area (Å²) in [4.78, 5) is 0. The molecule has 0 heterocycles. The second-order valence-electron chi connectivity index (χ2n) is 3.76. The summed E-state index contributed by atoms with van der Waals surface area (Å²) in [6.45, 7) is 3.85. The molecule has 0 aliphatic carbocycles. The van der Waals surface area contributed by atoms with Gasteiger partial charge in [0.25, 0.3) is 0 Å². The van der Waals surface area contributed by atoms with Gasteiger partial charge in [0.15, 0.2) is 0 Å². The molecule has 0 rings (SSSR count). The zero-order chi connectivity index (χ0) is 9.78. The van der Waals surface area contributed by atoms with Gasteiger partial charge < -0.3 is 0 Å². The topological polar surface area (TPSA) is 0 Å². The van der Waals surface area contributed by atoms with Crippen LogP contribution in [0.25, 0.3) is 0 Å². The molecule has 0 aliphatic rings. The summed E-state index contributed by atoms with van der Waals surface area (Å²) < 4.78 is 0. The fraction of sp³-hybridized carbons (Fsp3) is 0.917. The molecule has 13 heavy (non-hydrogen) atoms. The average molecular weight is 201 g/mol. The van der Waals surface area contributed by atoms with Gasteiger partial charge in [-0.15, -0.1) is 0 Å². The maximum absolute atomic E-state index is 4.20. The van der Waals surface area contributed by atoms with Gasteiger partial charge in [-0.05, 0) is 12.2 Å². The van der Waals surface area contributed by atoms with Crippen LogP contribution < -0.4 is 0 Å². The molecule has 0 aromatic rings. The van der Waals surface area contributed by atoms with Crippen LogP contribution >= 0.6 is 12.6 Å². The van der Waals surface area contributed by atoms with Crippen LogP contribution in [0.2, 0.25) is 0 Å². The first-order valence-corrected chi connectivity index (χ1v) is 6.45. The van der Waals surface area contributed by atoms with Gasteiger partial charge in [0.2, 0.25) is 0 Å². The molecule has 0 bridgehead atoms. The smallest absolute Gasteiger partial charge is 0.00979 e. The van der Waals surface area contributed by atoms with Crippen molar-refractivity contribution in [3.63, 3.8) is 0 Å². The molecule has 0 aliphatic heterocycles. The molecule has 0 saturated carbocycles. The van der Waals surface area contributed by atoms with Crippen LogP contribution in [0.3, 0.4) is 0 Å². The van der Waals surface area contributed by atoms with Gasteiger partial charge in [-0.25, -0.2) is 0 Å². The molecule has 0 spiro atoms. The van der Waals surface area contributed by atoms with Gasteiger partial charge in [0.1, 0.15) is 0 Å². The predicted octanol–water partition coefficient (Wildman–Crippen LogP) is 4.65. The minimum atomic E-state index is 1.06. The van der Waals surface area contributed by atoms with Crippen molar-refractivity contribution in [2.75, 3.05) is 5.75 Å². The lowest BCUT2D eigenvalue weighted by Crippen LogP contribution is -1.81. The Bertz CT molecular complexity index is 71.2. The van der Waals surface area contributed by atoms with Crippen molar-refractivity contribution in [1.29, 1.82) is 0 Å². The number of hydrogen-bond donors (Lipinski definition) is 1. The summed E-state index contributed by atoms with van der Waals surface area (Å²) >= 11 is 4.20. The summed E-state index contributed by atoms with van der Waals surface area (Å²) in [6, 6.07) is 0. The van der Waals surface area contributed by atoms with Crippen LogP contribution in [0.1, 0.15) is 64.2 Å². The van der Waals surface area contributed by atoms with Crippen LogP contribution in [0.5, 0.6) is 0 Å². The summed E-state index contributed by atoms with van der Waals surface area (Å²) in [5.74, 6) is 1.06. The lowest BCUT2D eigenvalue weighted by molar-refractivity contribution is 0.567. The van der Waals surface area contributed by atoms with Gasteiger partial charge in [-0.2, -0.15) is 12.6 Å². The van der Waals surface area contributed by atoms with E-state index in [0.717, 1.165) is 12.2 Å². The molecule has 0 unspecified atom stereocenters. The van der Waals surface area contributed by atoms with Crippen LogP contribution in [-0.2, 0) is 0 Å². The molecule has 0 atom stereocenters. The van der Waals surface area contributed by atoms with Crippen molar-refractivity contribution in [1.82, 2.24) is 0 Å². The Balaban J connectivity index is 2.76. The Labute approximate surface area is 89.9 Å². The molecular weight excluding hydrogens is 176 g/mol. The SMILES string of the molecule is [CH2]CCCCCCCCCCCS. The Morgan fingerprint density at radius 3 is 1.38 bits per heavy atom. The van der Waals surface area contributed by atoms with Crippen LogP contribution in [0.15, 0.2) is 0 Å². The molecule has 1 heteroatoms. The lowest BCUT2D eigenvalue weighted by atomic mass is 10.1. The molecule has 1 radical (unpaired) electrons. The highest BCUT2D eigenvalue weighted by Gasteiger charge is 1.91. The van der Waals surface area contributed by atoms with E-state index in [0.29, 0.717) is 0 Å². The molecule has 0 aromatic carbocycles. The Hall–Kier alpha value is 0.350. The average Bonchev–Trinajstić information content (AvgIpc) is 2.16. The molecule has 0 N–H and O–H groups in total. The lowest BCUT2D eigenvalue weighted by Gasteiger charge is -2.00. The Morgan fingerprint density at radius 2 is 1.00 bits per heavy atom. The predicted molar refractivity (Wildman–Crippen MR) is 65.4 cm³/mol. The van der Waals surface area contributed by atoms with Crippen molar-refractivity contribution in [2.45, 2.75) is 64.2 Å². The molecular formula is C12H25S. The largest absolute Gasteiger partial charge is 0.179 e. The summed E-state index contributed by atoms with van der Waals surface area (Å²) in [6.07, 6.45) is 13.6. The second-order valence-corrected chi connectivity index (χ2v) is 4.21. The molecule has 0 fully saturated rings. The Kier molecular flexibility index (Phi) is 12.7. The third-order valence-corrected chi connectivity index (χ3v) is 2.72. The van der Waals surface area contributed by atoms with Crippen LogP contribution in [0, 0.1) is 6.92 Å². The van der Waals surface area contributed by atoms with Gasteiger partial charge in [0, 0.05) is 0 Å². The first-order chi connectivity index (χ1) is 6.41. The van der Waals surface area contributed by atoms with Crippen molar-refractivity contribution in [3.8, 4) is 0 Å². The minimum absolute atomic E-state index is 1.06. The van der Waals surface area contributed by atoms with Crippen molar-refractivity contribution in [2.24, 2.45) is 0 Å². The maximum atomic E-state index is 4.20. The highest BCUT2D eigenvalue weighted by molar-refractivity contribution is 7.80. The van der Waals surface area contributed by atoms with Crippen molar-refractivity contribution in [3.05, 3.63) is 6.92 Å². The number of rotatable bonds is 10. The zero-order valence-electron chi connectivity index (χ0n) is 8.93. The van der Waals surface area contributed by atoms with Gasteiger partial charge >= 0.3 is 0 Å². The fourth-order valence-corrected chi connectivity index (χ4v) is 1.75. The monoisotopic (exact) mass is 201 g/mol. The highest BCUT2D eigenvalue weighted by atomic mass is 32.1. The molecule has 0 saturated heterocycles. The summed E-state index contributed by atoms with van der Waals surface area (Å²) in [5, 5.41) is 0. The van der Waals surface area contributed by atoms with E-state index < -0.39 is 0 Å². The molecule has 79 valence electrons. The third-order valence-electron chi connectivity index (χ3n) is 2.41. The van der Waals surface area contributed by atoms with E-state index in [-0.39, 0.29) is 0 Å². The standard InChI is InChI=1S/C12H25S/c1-2-3-4-5-6-7-8-9-10-11-12-13/h13H,1-12H2. The van der Waals surface area contributed by atoms with E-state index in [9.17, 15) is 0 Å². The zero-order valence-corrected chi connectivity index (χ0v) is 9.83. The Morgan fingerprint density at radius 1 is 0.615 bits per heavy atom. The summed E-state index contributed by atoms with van der Waals surface area (Å²) in [5.41, 5.74) is 0. The van der Waals surface area contributed by atoms with Gasteiger partial charge in [-0.3, -0.25) is 0 Å². The van der Waals surface area contributed by atoms with E-state index in [1.807, 2.05) is 0 Å². The third kappa shape index (κ3) is 12.4. The molecule has 0 aromatic heterocycles. The van der Waals surface area contributed by atoms with E-state index >= 15 is 0 Å². The summed E-state index contributed by atoms with van der Waals surface area (Å²) in [7, 11) is 0.